The summed E-state index contributed by atoms with van der Waals surface area (Å²) in [6.45, 7) is 2.80. The molecule has 1 aromatic carbocycles. The molecule has 3 rings (SSSR count). The monoisotopic (exact) mass is 385 g/mol. The number of hydrogen-bond acceptors (Lipinski definition) is 4. The highest BCUT2D eigenvalue weighted by Gasteiger charge is 2.05. The highest BCUT2D eigenvalue weighted by molar-refractivity contribution is 6.30. The number of nitrogens with zero attached hydrogens (tertiary/aromatic N) is 2. The molecule has 0 radical (unpaired) electrons. The van der Waals surface area contributed by atoms with Gasteiger partial charge >= 0.3 is 0 Å². The lowest BCUT2D eigenvalue weighted by Gasteiger charge is -2.09. The highest BCUT2D eigenvalue weighted by Crippen LogP contribution is 2.28. The smallest absolute Gasteiger partial charge is 0.244 e. The standard InChI is InChI=1S/C20H20ClN3O3/c1-3-27-17-7-4-14(10-18(17)26-2)5-9-20(25)22-11-16-13-24-12-15(21)6-8-19(24)23-16/h4-10,12-13H,3,11H2,1-2H3,(H,22,25)/b9-5+. The van der Waals surface area contributed by atoms with Gasteiger partial charge in [0.05, 0.1) is 31.0 Å². The van der Waals surface area contributed by atoms with E-state index in [9.17, 15) is 4.79 Å². The lowest BCUT2D eigenvalue weighted by molar-refractivity contribution is -0.116. The number of imidazole rings is 1. The van der Waals surface area contributed by atoms with Crippen LogP contribution in [0.5, 0.6) is 11.5 Å². The van der Waals surface area contributed by atoms with Crippen LogP contribution in [0.4, 0.5) is 0 Å². The Morgan fingerprint density at radius 3 is 2.89 bits per heavy atom. The Labute approximate surface area is 162 Å². The van der Waals surface area contributed by atoms with Crippen LogP contribution >= 0.6 is 11.6 Å². The lowest BCUT2D eigenvalue weighted by atomic mass is 10.2. The minimum absolute atomic E-state index is 0.210. The normalized spacial score (nSPS) is 11.1. The van der Waals surface area contributed by atoms with E-state index in [1.165, 1.54) is 6.08 Å². The third-order valence-corrected chi connectivity index (χ3v) is 4.05. The van der Waals surface area contributed by atoms with Gasteiger partial charge < -0.3 is 19.2 Å². The zero-order valence-electron chi connectivity index (χ0n) is 15.1. The van der Waals surface area contributed by atoms with Gasteiger partial charge in [-0.2, -0.15) is 0 Å². The topological polar surface area (TPSA) is 64.9 Å². The Kier molecular flexibility index (Phi) is 5.98. The number of methoxy groups -OCH3 is 1. The zero-order chi connectivity index (χ0) is 19.2. The number of fused-ring (bicyclic) bond motifs is 1. The van der Waals surface area contributed by atoms with E-state index in [2.05, 4.69) is 10.3 Å². The Morgan fingerprint density at radius 2 is 2.11 bits per heavy atom. The van der Waals surface area contributed by atoms with Gasteiger partial charge in [0, 0.05) is 18.5 Å². The second-order valence-electron chi connectivity index (χ2n) is 5.74. The summed E-state index contributed by atoms with van der Waals surface area (Å²) in [6, 6.07) is 9.11. The second-order valence-corrected chi connectivity index (χ2v) is 6.18. The van der Waals surface area contributed by atoms with E-state index < -0.39 is 0 Å². The molecule has 3 aromatic rings. The predicted molar refractivity (Wildman–Crippen MR) is 105 cm³/mol. The molecule has 0 aliphatic heterocycles. The zero-order valence-corrected chi connectivity index (χ0v) is 15.9. The predicted octanol–water partition coefficient (Wildman–Crippen LogP) is 3.72. The summed E-state index contributed by atoms with van der Waals surface area (Å²) >= 11 is 5.96. The molecule has 1 amide bonds. The molecule has 0 aliphatic rings. The third-order valence-electron chi connectivity index (χ3n) is 3.82. The third kappa shape index (κ3) is 4.80. The molecule has 0 atom stereocenters. The van der Waals surface area contributed by atoms with Gasteiger partial charge in [-0.15, -0.1) is 0 Å². The maximum absolute atomic E-state index is 12.1. The van der Waals surface area contributed by atoms with Gasteiger partial charge in [-0.3, -0.25) is 4.79 Å². The van der Waals surface area contributed by atoms with Gasteiger partial charge in [0.1, 0.15) is 5.65 Å². The molecule has 6 nitrogen and oxygen atoms in total. The molecule has 7 heteroatoms. The van der Waals surface area contributed by atoms with E-state index in [1.807, 2.05) is 41.8 Å². The minimum Gasteiger partial charge on any atom is -0.493 e. The van der Waals surface area contributed by atoms with Crippen molar-refractivity contribution in [3.8, 4) is 11.5 Å². The number of nitrogens with one attached hydrogen (secondary N) is 1. The van der Waals surface area contributed by atoms with Crippen molar-refractivity contribution in [3.63, 3.8) is 0 Å². The molecule has 1 N–H and O–H groups in total. The van der Waals surface area contributed by atoms with Crippen molar-refractivity contribution in [2.24, 2.45) is 0 Å². The summed E-state index contributed by atoms with van der Waals surface area (Å²) in [5, 5.41) is 3.44. The van der Waals surface area contributed by atoms with Gasteiger partial charge in [-0.25, -0.2) is 4.98 Å². The van der Waals surface area contributed by atoms with E-state index in [-0.39, 0.29) is 5.91 Å². The van der Waals surface area contributed by atoms with E-state index in [0.717, 1.165) is 16.9 Å². The first-order valence-electron chi connectivity index (χ1n) is 8.49. The molecule has 2 heterocycles. The van der Waals surface area contributed by atoms with Crippen molar-refractivity contribution in [3.05, 3.63) is 65.1 Å². The van der Waals surface area contributed by atoms with Crippen LogP contribution in [0.1, 0.15) is 18.2 Å². The Balaban J connectivity index is 1.61. The van der Waals surface area contributed by atoms with Crippen LogP contribution in [-0.4, -0.2) is 29.0 Å². The number of halogens is 1. The van der Waals surface area contributed by atoms with Crippen LogP contribution in [0.25, 0.3) is 11.7 Å². The van der Waals surface area contributed by atoms with Crippen LogP contribution in [0.3, 0.4) is 0 Å². The van der Waals surface area contributed by atoms with Crippen molar-refractivity contribution in [2.45, 2.75) is 13.5 Å². The van der Waals surface area contributed by atoms with Gasteiger partial charge in [0.15, 0.2) is 11.5 Å². The molecule has 0 bridgehead atoms. The molecule has 0 saturated heterocycles. The summed E-state index contributed by atoms with van der Waals surface area (Å²) in [4.78, 5) is 16.5. The maximum atomic E-state index is 12.1. The first-order valence-corrected chi connectivity index (χ1v) is 8.86. The Morgan fingerprint density at radius 1 is 1.26 bits per heavy atom. The van der Waals surface area contributed by atoms with Gasteiger partial charge in [-0.1, -0.05) is 17.7 Å². The molecule has 140 valence electrons. The van der Waals surface area contributed by atoms with Crippen molar-refractivity contribution in [1.82, 2.24) is 14.7 Å². The first-order chi connectivity index (χ1) is 13.1. The van der Waals surface area contributed by atoms with Crippen LogP contribution in [-0.2, 0) is 11.3 Å². The number of pyridine rings is 1. The highest BCUT2D eigenvalue weighted by atomic mass is 35.5. The number of benzene rings is 1. The van der Waals surface area contributed by atoms with Crippen molar-refractivity contribution >= 4 is 29.2 Å². The summed E-state index contributed by atoms with van der Waals surface area (Å²) in [6.07, 6.45) is 6.80. The number of amides is 1. The molecule has 27 heavy (non-hydrogen) atoms. The number of hydrogen-bond donors (Lipinski definition) is 1. The lowest BCUT2D eigenvalue weighted by Crippen LogP contribution is -2.20. The Bertz CT molecular complexity index is 982. The largest absolute Gasteiger partial charge is 0.493 e. The fraction of sp³-hybridized carbons (Fsp3) is 0.200. The molecule has 0 aliphatic carbocycles. The van der Waals surface area contributed by atoms with Crippen molar-refractivity contribution < 1.29 is 14.3 Å². The van der Waals surface area contributed by atoms with Gasteiger partial charge in [0.2, 0.25) is 5.91 Å². The van der Waals surface area contributed by atoms with E-state index in [1.54, 1.807) is 25.4 Å². The van der Waals surface area contributed by atoms with Crippen LogP contribution in [0.2, 0.25) is 5.02 Å². The number of carbonyl (C=O) groups excluding carboxylic acids is 1. The summed E-state index contributed by atoms with van der Waals surface area (Å²) in [7, 11) is 1.58. The van der Waals surface area contributed by atoms with Crippen molar-refractivity contribution in [2.75, 3.05) is 13.7 Å². The van der Waals surface area contributed by atoms with Gasteiger partial charge in [-0.05, 0) is 42.8 Å². The van der Waals surface area contributed by atoms with Crippen LogP contribution in [0, 0.1) is 0 Å². The fourth-order valence-electron chi connectivity index (χ4n) is 2.57. The number of aromatic nitrogens is 2. The number of ether oxygens (including phenoxy) is 2. The quantitative estimate of drug-likeness (QED) is 0.629. The summed E-state index contributed by atoms with van der Waals surface area (Å²) in [5.74, 6) is 1.09. The average molecular weight is 386 g/mol. The van der Waals surface area contributed by atoms with E-state index >= 15 is 0 Å². The molecule has 0 unspecified atom stereocenters. The SMILES string of the molecule is CCOc1ccc(/C=C/C(=O)NCc2cn3cc(Cl)ccc3n2)cc1OC. The molecular weight excluding hydrogens is 366 g/mol. The molecule has 2 aromatic heterocycles. The van der Waals surface area contributed by atoms with Crippen LogP contribution < -0.4 is 14.8 Å². The molecule has 0 spiro atoms. The fourth-order valence-corrected chi connectivity index (χ4v) is 2.74. The van der Waals surface area contributed by atoms with Crippen LogP contribution in [0.15, 0.2) is 48.8 Å². The van der Waals surface area contributed by atoms with E-state index in [0.29, 0.717) is 29.7 Å². The number of rotatable bonds is 7. The first kappa shape index (κ1) is 18.8. The summed E-state index contributed by atoms with van der Waals surface area (Å²) < 4.78 is 12.6. The van der Waals surface area contributed by atoms with E-state index in [4.69, 9.17) is 21.1 Å². The summed E-state index contributed by atoms with van der Waals surface area (Å²) in [5.41, 5.74) is 2.37. The van der Waals surface area contributed by atoms with Crippen molar-refractivity contribution in [1.29, 1.82) is 0 Å². The maximum Gasteiger partial charge on any atom is 0.244 e. The van der Waals surface area contributed by atoms with Gasteiger partial charge in [0.25, 0.3) is 0 Å². The molecule has 0 saturated carbocycles. The molecule has 0 fully saturated rings. The number of carbonyl (C=O) groups is 1. The molecular formula is C20H20ClN3O3. The Hall–Kier alpha value is -2.99. The second kappa shape index (κ2) is 8.60. The minimum atomic E-state index is -0.210. The average Bonchev–Trinajstić information content (AvgIpc) is 3.07.